The van der Waals surface area contributed by atoms with Crippen molar-refractivity contribution in [2.24, 2.45) is 0 Å². The van der Waals surface area contributed by atoms with Gasteiger partial charge in [-0.2, -0.15) is 0 Å². The summed E-state index contributed by atoms with van der Waals surface area (Å²) in [6.07, 6.45) is 1.98. The number of hydrogen-bond donors (Lipinski definition) is 2. The third kappa shape index (κ3) is 3.53. The summed E-state index contributed by atoms with van der Waals surface area (Å²) in [6, 6.07) is 4.58. The monoisotopic (exact) mass is 300 g/mol. The molecule has 1 aromatic rings. The second kappa shape index (κ2) is 5.86. The first-order valence-corrected chi connectivity index (χ1v) is 7.81. The molecule has 1 aromatic carbocycles. The maximum Gasteiger partial charge on any atom is 0.269 e. The van der Waals surface area contributed by atoms with Crippen LogP contribution in [0.25, 0.3) is 0 Å². The molecule has 0 amide bonds. The number of nitrogens with zero attached hydrogens (tertiary/aromatic N) is 1. The van der Waals surface area contributed by atoms with Crippen molar-refractivity contribution < 1.29 is 18.4 Å². The van der Waals surface area contributed by atoms with Crippen LogP contribution in [0, 0.1) is 10.1 Å². The average Bonchev–Trinajstić information content (AvgIpc) is 2.41. The highest BCUT2D eigenvalue weighted by atomic mass is 32.2. The largest absolute Gasteiger partial charge is 0.393 e. The number of benzene rings is 1. The Kier molecular flexibility index (Phi) is 4.36. The van der Waals surface area contributed by atoms with Crippen LogP contribution in [0.1, 0.15) is 25.7 Å². The average molecular weight is 300 g/mol. The van der Waals surface area contributed by atoms with Crippen molar-refractivity contribution in [1.82, 2.24) is 4.72 Å². The van der Waals surface area contributed by atoms with Crippen LogP contribution in [0.2, 0.25) is 0 Å². The zero-order chi connectivity index (χ0) is 14.8. The number of non-ortho nitro benzene ring substituents is 1. The van der Waals surface area contributed by atoms with Gasteiger partial charge in [0.15, 0.2) is 0 Å². The highest BCUT2D eigenvalue weighted by Crippen LogP contribution is 2.21. The second-order valence-corrected chi connectivity index (χ2v) is 6.59. The molecule has 0 unspecified atom stereocenters. The highest BCUT2D eigenvalue weighted by Gasteiger charge is 2.25. The van der Waals surface area contributed by atoms with Crippen molar-refractivity contribution in [3.05, 3.63) is 34.4 Å². The van der Waals surface area contributed by atoms with Crippen molar-refractivity contribution in [1.29, 1.82) is 0 Å². The van der Waals surface area contributed by atoms with E-state index in [2.05, 4.69) is 4.72 Å². The predicted octanol–water partition coefficient (Wildman–Crippen LogP) is 1.18. The quantitative estimate of drug-likeness (QED) is 0.641. The molecule has 1 fully saturated rings. The van der Waals surface area contributed by atoms with E-state index in [4.69, 9.17) is 0 Å². The zero-order valence-electron chi connectivity index (χ0n) is 10.7. The first-order valence-electron chi connectivity index (χ1n) is 6.33. The number of sulfonamides is 1. The van der Waals surface area contributed by atoms with Crippen LogP contribution in [0.4, 0.5) is 5.69 Å². The predicted molar refractivity (Wildman–Crippen MR) is 71.7 cm³/mol. The number of rotatable bonds is 4. The Balaban J connectivity index is 2.08. The maximum atomic E-state index is 12.1. The Bertz CT molecular complexity index is 576. The Labute approximate surface area is 116 Å². The molecule has 0 aromatic heterocycles. The van der Waals surface area contributed by atoms with Gasteiger partial charge in [-0.25, -0.2) is 13.1 Å². The Morgan fingerprint density at radius 2 is 1.70 bits per heavy atom. The summed E-state index contributed by atoms with van der Waals surface area (Å²) in [4.78, 5) is 9.96. The van der Waals surface area contributed by atoms with Gasteiger partial charge in [0.1, 0.15) is 0 Å². The number of hydrogen-bond acceptors (Lipinski definition) is 5. The van der Waals surface area contributed by atoms with Gasteiger partial charge in [0.2, 0.25) is 10.0 Å². The van der Waals surface area contributed by atoms with E-state index in [1.807, 2.05) is 0 Å². The van der Waals surface area contributed by atoms with Gasteiger partial charge in [-0.3, -0.25) is 10.1 Å². The Hall–Kier alpha value is -1.51. The topological polar surface area (TPSA) is 110 Å². The van der Waals surface area contributed by atoms with Gasteiger partial charge in [0, 0.05) is 18.2 Å². The molecule has 0 saturated heterocycles. The normalized spacial score (nSPS) is 23.4. The Morgan fingerprint density at radius 3 is 2.20 bits per heavy atom. The van der Waals surface area contributed by atoms with Crippen LogP contribution in [-0.2, 0) is 10.0 Å². The van der Waals surface area contributed by atoms with E-state index >= 15 is 0 Å². The van der Waals surface area contributed by atoms with Crippen molar-refractivity contribution >= 4 is 15.7 Å². The van der Waals surface area contributed by atoms with E-state index in [0.29, 0.717) is 25.7 Å². The summed E-state index contributed by atoms with van der Waals surface area (Å²) in [5.41, 5.74) is -0.148. The van der Waals surface area contributed by atoms with Crippen molar-refractivity contribution in [2.45, 2.75) is 42.7 Å². The smallest absolute Gasteiger partial charge is 0.269 e. The minimum Gasteiger partial charge on any atom is -0.393 e. The fourth-order valence-corrected chi connectivity index (χ4v) is 3.53. The second-order valence-electron chi connectivity index (χ2n) is 4.88. The standard InChI is InChI=1S/C12H16N2O5S/c15-11-5-1-9(2-6-11)13-20(18,19)12-7-3-10(4-8-12)14(16)17/h3-4,7-9,11,13,15H,1-2,5-6H2. The Morgan fingerprint density at radius 1 is 1.15 bits per heavy atom. The van der Waals surface area contributed by atoms with Crippen molar-refractivity contribution in [3.8, 4) is 0 Å². The number of aliphatic hydroxyl groups is 1. The molecule has 0 atom stereocenters. The zero-order valence-corrected chi connectivity index (χ0v) is 11.5. The summed E-state index contributed by atoms with van der Waals surface area (Å²) >= 11 is 0. The van der Waals surface area contributed by atoms with Gasteiger partial charge in [-0.1, -0.05) is 0 Å². The van der Waals surface area contributed by atoms with E-state index in [-0.39, 0.29) is 22.7 Å². The van der Waals surface area contributed by atoms with Crippen LogP contribution >= 0.6 is 0 Å². The van der Waals surface area contributed by atoms with Crippen LogP contribution in [-0.4, -0.2) is 30.6 Å². The summed E-state index contributed by atoms with van der Waals surface area (Å²) in [6.45, 7) is 0. The van der Waals surface area contributed by atoms with E-state index in [0.717, 1.165) is 0 Å². The molecule has 7 nitrogen and oxygen atoms in total. The number of nitrogens with one attached hydrogen (secondary N) is 1. The van der Waals surface area contributed by atoms with Crippen molar-refractivity contribution in [2.75, 3.05) is 0 Å². The van der Waals surface area contributed by atoms with Crippen molar-refractivity contribution in [3.63, 3.8) is 0 Å². The molecule has 2 N–H and O–H groups in total. The molecule has 20 heavy (non-hydrogen) atoms. The lowest BCUT2D eigenvalue weighted by atomic mass is 9.94. The minimum atomic E-state index is -3.67. The molecule has 1 saturated carbocycles. The van der Waals surface area contributed by atoms with Crippen LogP contribution in [0.5, 0.6) is 0 Å². The summed E-state index contributed by atoms with van der Waals surface area (Å²) < 4.78 is 26.8. The third-order valence-electron chi connectivity index (χ3n) is 3.38. The molecule has 0 spiro atoms. The molecule has 0 aliphatic heterocycles. The SMILES string of the molecule is O=[N+]([O-])c1ccc(S(=O)(=O)NC2CCC(O)CC2)cc1. The van der Waals surface area contributed by atoms with Crippen LogP contribution in [0.15, 0.2) is 29.2 Å². The number of nitro groups is 1. The maximum absolute atomic E-state index is 12.1. The van der Waals surface area contributed by atoms with E-state index in [9.17, 15) is 23.6 Å². The number of nitro benzene ring substituents is 1. The van der Waals surface area contributed by atoms with Gasteiger partial charge in [0.05, 0.1) is 15.9 Å². The minimum absolute atomic E-state index is 0.00854. The molecule has 2 rings (SSSR count). The molecular formula is C12H16N2O5S. The van der Waals surface area contributed by atoms with Gasteiger partial charge in [0.25, 0.3) is 5.69 Å². The molecule has 0 bridgehead atoms. The molecule has 110 valence electrons. The molecular weight excluding hydrogens is 284 g/mol. The van der Waals surface area contributed by atoms with Gasteiger partial charge >= 0.3 is 0 Å². The lowest BCUT2D eigenvalue weighted by Gasteiger charge is -2.25. The van der Waals surface area contributed by atoms with E-state index in [1.165, 1.54) is 24.3 Å². The molecule has 8 heteroatoms. The first kappa shape index (κ1) is 14.9. The van der Waals surface area contributed by atoms with Gasteiger partial charge in [-0.05, 0) is 37.8 Å². The third-order valence-corrected chi connectivity index (χ3v) is 4.91. The molecule has 1 aliphatic carbocycles. The summed E-state index contributed by atoms with van der Waals surface area (Å²) in [5.74, 6) is 0. The van der Waals surface area contributed by atoms with Gasteiger partial charge < -0.3 is 5.11 Å². The van der Waals surface area contributed by atoms with E-state index in [1.54, 1.807) is 0 Å². The van der Waals surface area contributed by atoms with Gasteiger partial charge in [-0.15, -0.1) is 0 Å². The lowest BCUT2D eigenvalue weighted by Crippen LogP contribution is -2.38. The van der Waals surface area contributed by atoms with E-state index < -0.39 is 14.9 Å². The fourth-order valence-electron chi connectivity index (χ4n) is 2.23. The van der Waals surface area contributed by atoms with Crippen LogP contribution in [0.3, 0.4) is 0 Å². The number of aliphatic hydroxyl groups excluding tert-OH is 1. The molecule has 1 aliphatic rings. The summed E-state index contributed by atoms with van der Waals surface area (Å²) in [5, 5.41) is 19.9. The van der Waals surface area contributed by atoms with Crippen LogP contribution < -0.4 is 4.72 Å². The molecule has 0 heterocycles. The summed E-state index contributed by atoms with van der Waals surface area (Å²) in [7, 11) is -3.67. The fraction of sp³-hybridized carbons (Fsp3) is 0.500. The highest BCUT2D eigenvalue weighted by molar-refractivity contribution is 7.89. The first-order chi connectivity index (χ1) is 9.38. The lowest BCUT2D eigenvalue weighted by molar-refractivity contribution is -0.384. The molecule has 0 radical (unpaired) electrons.